The van der Waals surface area contributed by atoms with Gasteiger partial charge in [0.15, 0.2) is 0 Å². The lowest BCUT2D eigenvalue weighted by Crippen LogP contribution is -2.24. The number of anilines is 1. The number of carbonyl (C=O) groups excluding carboxylic acids is 1. The number of benzene rings is 1. The van der Waals surface area contributed by atoms with Crippen LogP contribution in [-0.4, -0.2) is 17.0 Å². The molecule has 0 heterocycles. The van der Waals surface area contributed by atoms with Crippen molar-refractivity contribution in [3.05, 3.63) is 30.3 Å². The van der Waals surface area contributed by atoms with Crippen LogP contribution in [0.2, 0.25) is 0 Å². The normalized spacial score (nSPS) is 13.8. The first-order valence-electron chi connectivity index (χ1n) is 5.59. The van der Waals surface area contributed by atoms with Crippen molar-refractivity contribution in [2.75, 3.05) is 5.32 Å². The van der Waals surface area contributed by atoms with Crippen molar-refractivity contribution in [3.63, 3.8) is 0 Å². The van der Waals surface area contributed by atoms with Gasteiger partial charge >= 0.3 is 5.97 Å². The minimum absolute atomic E-state index is 0.149. The lowest BCUT2D eigenvalue weighted by atomic mass is 9.97. The lowest BCUT2D eigenvalue weighted by Gasteiger charge is -2.14. The highest BCUT2D eigenvalue weighted by molar-refractivity contribution is 5.92. The molecule has 0 aromatic heterocycles. The van der Waals surface area contributed by atoms with E-state index >= 15 is 0 Å². The van der Waals surface area contributed by atoms with E-state index in [9.17, 15) is 9.59 Å². The minimum Gasteiger partial charge on any atom is -0.481 e. The molecule has 1 aromatic rings. The van der Waals surface area contributed by atoms with Crippen LogP contribution < -0.4 is 5.32 Å². The van der Waals surface area contributed by atoms with Crippen LogP contribution in [-0.2, 0) is 9.59 Å². The summed E-state index contributed by atoms with van der Waals surface area (Å²) in [4.78, 5) is 22.5. The SMILES string of the molecule is C[C@H](C[C@@H](C)C(=O)Nc1ccccc1)C(=O)O. The van der Waals surface area contributed by atoms with E-state index in [1.54, 1.807) is 26.0 Å². The van der Waals surface area contributed by atoms with Crippen LogP contribution in [0.3, 0.4) is 0 Å². The molecule has 0 saturated carbocycles. The Bertz CT molecular complexity index is 389. The first-order valence-corrected chi connectivity index (χ1v) is 5.59. The second-order valence-electron chi connectivity index (χ2n) is 4.23. The van der Waals surface area contributed by atoms with Gasteiger partial charge in [0.2, 0.25) is 5.91 Å². The molecule has 2 atom stereocenters. The Morgan fingerprint density at radius 3 is 2.29 bits per heavy atom. The van der Waals surface area contributed by atoms with Gasteiger partial charge in [0, 0.05) is 11.6 Å². The summed E-state index contributed by atoms with van der Waals surface area (Å²) in [5.74, 6) is -1.85. The molecule has 2 N–H and O–H groups in total. The molecule has 0 aliphatic heterocycles. The maximum absolute atomic E-state index is 11.8. The van der Waals surface area contributed by atoms with E-state index in [1.165, 1.54) is 0 Å². The number of amides is 1. The van der Waals surface area contributed by atoms with Crippen molar-refractivity contribution in [2.45, 2.75) is 20.3 Å². The van der Waals surface area contributed by atoms with Gasteiger partial charge in [0.1, 0.15) is 0 Å². The van der Waals surface area contributed by atoms with E-state index in [4.69, 9.17) is 5.11 Å². The highest BCUT2D eigenvalue weighted by Crippen LogP contribution is 2.15. The summed E-state index contributed by atoms with van der Waals surface area (Å²) in [6.45, 7) is 3.34. The quantitative estimate of drug-likeness (QED) is 0.823. The summed E-state index contributed by atoms with van der Waals surface area (Å²) in [5.41, 5.74) is 0.729. The molecule has 4 heteroatoms. The largest absolute Gasteiger partial charge is 0.481 e. The van der Waals surface area contributed by atoms with Gasteiger partial charge in [-0.3, -0.25) is 9.59 Å². The summed E-state index contributed by atoms with van der Waals surface area (Å²) in [6, 6.07) is 9.13. The summed E-state index contributed by atoms with van der Waals surface area (Å²) in [7, 11) is 0. The fourth-order valence-electron chi connectivity index (χ4n) is 1.53. The molecule has 1 aromatic carbocycles. The van der Waals surface area contributed by atoms with E-state index in [2.05, 4.69) is 5.32 Å². The number of carbonyl (C=O) groups is 2. The number of hydrogen-bond donors (Lipinski definition) is 2. The molecule has 0 spiro atoms. The van der Waals surface area contributed by atoms with Crippen LogP contribution in [0.4, 0.5) is 5.69 Å². The number of para-hydroxylation sites is 1. The molecule has 0 bridgehead atoms. The number of carboxylic acid groups (broad SMARTS) is 1. The predicted molar refractivity (Wildman–Crippen MR) is 65.7 cm³/mol. The third-order valence-electron chi connectivity index (χ3n) is 2.62. The summed E-state index contributed by atoms with van der Waals surface area (Å²) < 4.78 is 0. The van der Waals surface area contributed by atoms with Gasteiger partial charge in [-0.15, -0.1) is 0 Å². The molecule has 0 aliphatic rings. The Morgan fingerprint density at radius 1 is 1.18 bits per heavy atom. The standard InChI is InChI=1S/C13H17NO3/c1-9(8-10(2)13(16)17)12(15)14-11-6-4-3-5-7-11/h3-7,9-10H,8H2,1-2H3,(H,14,15)(H,16,17)/t9-,10-/m1/s1. The molecule has 0 aliphatic carbocycles. The van der Waals surface area contributed by atoms with E-state index in [-0.39, 0.29) is 11.8 Å². The number of aliphatic carboxylic acids is 1. The second kappa shape index (κ2) is 6.03. The highest BCUT2D eigenvalue weighted by Gasteiger charge is 2.20. The van der Waals surface area contributed by atoms with E-state index in [0.717, 1.165) is 5.69 Å². The van der Waals surface area contributed by atoms with Crippen LogP contribution in [0.5, 0.6) is 0 Å². The molecule has 4 nitrogen and oxygen atoms in total. The Kier molecular flexibility index (Phi) is 4.69. The number of rotatable bonds is 5. The van der Waals surface area contributed by atoms with Crippen molar-refractivity contribution < 1.29 is 14.7 Å². The number of carboxylic acids is 1. The molecule has 0 radical (unpaired) electrons. The van der Waals surface area contributed by atoms with E-state index in [0.29, 0.717) is 6.42 Å². The van der Waals surface area contributed by atoms with Crippen molar-refractivity contribution in [1.29, 1.82) is 0 Å². The van der Waals surface area contributed by atoms with Gasteiger partial charge in [-0.2, -0.15) is 0 Å². The fraction of sp³-hybridized carbons (Fsp3) is 0.385. The Morgan fingerprint density at radius 2 is 1.76 bits per heavy atom. The minimum atomic E-state index is -0.871. The van der Waals surface area contributed by atoms with E-state index in [1.807, 2.05) is 18.2 Å². The van der Waals surface area contributed by atoms with Crippen LogP contribution in [0, 0.1) is 11.8 Å². The van der Waals surface area contributed by atoms with Crippen molar-refractivity contribution in [3.8, 4) is 0 Å². The number of nitrogens with one attached hydrogen (secondary N) is 1. The lowest BCUT2D eigenvalue weighted by molar-refractivity contribution is -0.141. The zero-order valence-electron chi connectivity index (χ0n) is 10.0. The van der Waals surface area contributed by atoms with E-state index < -0.39 is 11.9 Å². The zero-order valence-corrected chi connectivity index (χ0v) is 10.0. The van der Waals surface area contributed by atoms with Crippen LogP contribution in [0.1, 0.15) is 20.3 Å². The molecule has 17 heavy (non-hydrogen) atoms. The maximum atomic E-state index is 11.8. The van der Waals surface area contributed by atoms with Crippen LogP contribution in [0.15, 0.2) is 30.3 Å². The summed E-state index contributed by atoms with van der Waals surface area (Å²) in [6.07, 6.45) is 0.341. The highest BCUT2D eigenvalue weighted by atomic mass is 16.4. The van der Waals surface area contributed by atoms with Gasteiger partial charge in [-0.25, -0.2) is 0 Å². The van der Waals surface area contributed by atoms with Crippen molar-refractivity contribution in [2.24, 2.45) is 11.8 Å². The molecular formula is C13H17NO3. The van der Waals surface area contributed by atoms with Crippen LogP contribution in [0.25, 0.3) is 0 Å². The van der Waals surface area contributed by atoms with Crippen LogP contribution >= 0.6 is 0 Å². The molecule has 1 amide bonds. The third-order valence-corrected chi connectivity index (χ3v) is 2.62. The Labute approximate surface area is 101 Å². The van der Waals surface area contributed by atoms with Crippen molar-refractivity contribution >= 4 is 17.6 Å². The molecular weight excluding hydrogens is 218 g/mol. The maximum Gasteiger partial charge on any atom is 0.306 e. The summed E-state index contributed by atoms with van der Waals surface area (Å²) in [5, 5.41) is 11.5. The monoisotopic (exact) mass is 235 g/mol. The average molecular weight is 235 g/mol. The van der Waals surface area contributed by atoms with Gasteiger partial charge in [0.05, 0.1) is 5.92 Å². The molecule has 0 unspecified atom stereocenters. The number of hydrogen-bond acceptors (Lipinski definition) is 2. The topological polar surface area (TPSA) is 66.4 Å². The average Bonchev–Trinajstić information content (AvgIpc) is 2.29. The van der Waals surface area contributed by atoms with Gasteiger partial charge < -0.3 is 10.4 Å². The Balaban J connectivity index is 2.50. The Hall–Kier alpha value is -1.84. The van der Waals surface area contributed by atoms with Crippen molar-refractivity contribution in [1.82, 2.24) is 0 Å². The zero-order chi connectivity index (χ0) is 12.8. The predicted octanol–water partition coefficient (Wildman–Crippen LogP) is 2.37. The molecule has 92 valence electrons. The van der Waals surface area contributed by atoms with Gasteiger partial charge in [-0.1, -0.05) is 32.0 Å². The summed E-state index contributed by atoms with van der Waals surface area (Å²) >= 11 is 0. The van der Waals surface area contributed by atoms with Gasteiger partial charge in [-0.05, 0) is 18.6 Å². The second-order valence-corrected chi connectivity index (χ2v) is 4.23. The van der Waals surface area contributed by atoms with Gasteiger partial charge in [0.25, 0.3) is 0 Å². The molecule has 0 saturated heterocycles. The first kappa shape index (κ1) is 13.2. The molecule has 1 rings (SSSR count). The smallest absolute Gasteiger partial charge is 0.306 e. The fourth-order valence-corrected chi connectivity index (χ4v) is 1.53. The molecule has 0 fully saturated rings. The third kappa shape index (κ3) is 4.26. The first-order chi connectivity index (χ1) is 8.00.